The van der Waals surface area contributed by atoms with E-state index in [4.69, 9.17) is 4.74 Å². The van der Waals surface area contributed by atoms with E-state index >= 15 is 0 Å². The summed E-state index contributed by atoms with van der Waals surface area (Å²) < 4.78 is 11.8. The molecule has 2 aromatic heterocycles. The van der Waals surface area contributed by atoms with Crippen molar-refractivity contribution in [2.45, 2.75) is 25.4 Å². The summed E-state index contributed by atoms with van der Waals surface area (Å²) in [5.41, 5.74) is 2.11. The number of amides is 4. The van der Waals surface area contributed by atoms with Crippen molar-refractivity contribution >= 4 is 34.7 Å². The predicted molar refractivity (Wildman–Crippen MR) is 118 cm³/mol. The summed E-state index contributed by atoms with van der Waals surface area (Å²) in [5, 5.41) is 11.3. The zero-order valence-corrected chi connectivity index (χ0v) is 19.0. The maximum atomic E-state index is 12.7. The number of hydrogen-bond acceptors (Lipinski definition) is 9. The van der Waals surface area contributed by atoms with Crippen molar-refractivity contribution in [1.29, 1.82) is 0 Å². The van der Waals surface area contributed by atoms with Crippen LogP contribution in [0.4, 0.5) is 4.79 Å². The quantitative estimate of drug-likeness (QED) is 0.527. The highest BCUT2D eigenvalue weighted by Gasteiger charge is 2.32. The first-order chi connectivity index (χ1) is 16.9. The number of aromatic nitrogens is 4. The average Bonchev–Trinajstić information content (AvgIpc) is 3.51. The Morgan fingerprint density at radius 3 is 2.66 bits per heavy atom. The highest BCUT2D eigenvalue weighted by Crippen LogP contribution is 2.31. The van der Waals surface area contributed by atoms with Crippen LogP contribution in [0.5, 0.6) is 0 Å². The molecule has 0 aliphatic carbocycles. The molecule has 2 aliphatic rings. The number of fused-ring (bicyclic) bond motifs is 1. The number of benzene rings is 1. The number of carbonyl (C=O) groups excluding carboxylic acids is 4. The van der Waals surface area contributed by atoms with Gasteiger partial charge in [0.2, 0.25) is 18.2 Å². The number of rotatable bonds is 4. The van der Waals surface area contributed by atoms with Crippen LogP contribution in [0.25, 0.3) is 10.9 Å². The van der Waals surface area contributed by atoms with E-state index < -0.39 is 12.0 Å². The number of hydrogen-bond donors (Lipinski definition) is 1. The number of nitrogens with zero attached hydrogens (tertiary/aromatic N) is 6. The first-order valence-corrected chi connectivity index (χ1v) is 11.2. The standard InChI is InChI=1S/C22H23N7O6/c1-27-18-13(3-2-4-14(18)17(25-27)15-5-6-16(30)24-20(15)31)11-34-22(33)29-9-7-28(8-10-29)21(32)19-23-12-35-26-19/h2-4,12,15H,5-11H2,1H3,(H,24,30,31). The summed E-state index contributed by atoms with van der Waals surface area (Å²) in [6.45, 7) is 1.31. The molecule has 2 saturated heterocycles. The molecule has 1 N–H and O–H groups in total. The molecule has 2 fully saturated rings. The Hall–Kier alpha value is -4.29. The largest absolute Gasteiger partial charge is 0.444 e. The van der Waals surface area contributed by atoms with Crippen molar-refractivity contribution in [3.8, 4) is 0 Å². The van der Waals surface area contributed by atoms with Gasteiger partial charge in [0, 0.05) is 50.6 Å². The molecule has 35 heavy (non-hydrogen) atoms. The molecule has 5 rings (SSSR count). The lowest BCUT2D eigenvalue weighted by Crippen LogP contribution is -2.50. The van der Waals surface area contributed by atoms with E-state index in [1.807, 2.05) is 18.2 Å². The van der Waals surface area contributed by atoms with Crippen molar-refractivity contribution < 1.29 is 28.4 Å². The molecule has 13 heteroatoms. The van der Waals surface area contributed by atoms with Gasteiger partial charge in [-0.1, -0.05) is 23.4 Å². The first-order valence-electron chi connectivity index (χ1n) is 11.2. The Labute approximate surface area is 199 Å². The van der Waals surface area contributed by atoms with Gasteiger partial charge in [-0.15, -0.1) is 0 Å². The number of imide groups is 1. The molecule has 3 aromatic rings. The Kier molecular flexibility index (Phi) is 5.89. The Balaban J connectivity index is 1.24. The number of aryl methyl sites for hydroxylation is 1. The molecular weight excluding hydrogens is 458 g/mol. The molecule has 13 nitrogen and oxygen atoms in total. The molecule has 182 valence electrons. The zero-order chi connectivity index (χ0) is 24.5. The molecule has 2 aliphatic heterocycles. The third-order valence-electron chi connectivity index (χ3n) is 6.27. The number of ether oxygens (including phenoxy) is 1. The summed E-state index contributed by atoms with van der Waals surface area (Å²) in [7, 11) is 1.77. The fraction of sp³-hybridized carbons (Fsp3) is 0.409. The second-order valence-corrected chi connectivity index (χ2v) is 8.41. The van der Waals surface area contributed by atoms with Gasteiger partial charge in [-0.25, -0.2) is 4.79 Å². The summed E-state index contributed by atoms with van der Waals surface area (Å²) in [6.07, 6.45) is 1.27. The molecule has 1 atom stereocenters. The lowest BCUT2D eigenvalue weighted by Gasteiger charge is -2.33. The van der Waals surface area contributed by atoms with Gasteiger partial charge < -0.3 is 19.1 Å². The number of para-hydroxylation sites is 1. The third kappa shape index (κ3) is 4.32. The number of carbonyl (C=O) groups is 4. The summed E-state index contributed by atoms with van der Waals surface area (Å²) in [4.78, 5) is 55.7. The van der Waals surface area contributed by atoms with Gasteiger partial charge in [0.25, 0.3) is 11.7 Å². The minimum Gasteiger partial charge on any atom is -0.444 e. The Morgan fingerprint density at radius 1 is 1.17 bits per heavy atom. The minimum atomic E-state index is -0.513. The van der Waals surface area contributed by atoms with Crippen LogP contribution in [-0.2, 0) is 28.0 Å². The lowest BCUT2D eigenvalue weighted by molar-refractivity contribution is -0.134. The van der Waals surface area contributed by atoms with Gasteiger partial charge in [-0.2, -0.15) is 10.1 Å². The second-order valence-electron chi connectivity index (χ2n) is 8.41. The average molecular weight is 481 g/mol. The number of piperidine rings is 1. The Bertz CT molecular complexity index is 1290. The van der Waals surface area contributed by atoms with E-state index in [0.717, 1.165) is 22.9 Å². The zero-order valence-electron chi connectivity index (χ0n) is 19.0. The molecule has 1 unspecified atom stereocenters. The smallest absolute Gasteiger partial charge is 0.410 e. The molecule has 0 radical (unpaired) electrons. The second kappa shape index (κ2) is 9.16. The van der Waals surface area contributed by atoms with Crippen molar-refractivity contribution in [3.63, 3.8) is 0 Å². The topological polar surface area (TPSA) is 153 Å². The van der Waals surface area contributed by atoms with Gasteiger partial charge in [0.1, 0.15) is 6.61 Å². The van der Waals surface area contributed by atoms with Crippen LogP contribution in [0.2, 0.25) is 0 Å². The van der Waals surface area contributed by atoms with Gasteiger partial charge >= 0.3 is 6.09 Å². The molecule has 0 bridgehead atoms. The van der Waals surface area contributed by atoms with Crippen LogP contribution in [0, 0.1) is 0 Å². The van der Waals surface area contributed by atoms with E-state index in [1.54, 1.807) is 16.6 Å². The first kappa shape index (κ1) is 22.5. The summed E-state index contributed by atoms with van der Waals surface area (Å²) in [5.74, 6) is -1.50. The van der Waals surface area contributed by atoms with Gasteiger partial charge in [0.05, 0.1) is 17.1 Å². The van der Waals surface area contributed by atoms with E-state index in [9.17, 15) is 19.2 Å². The van der Waals surface area contributed by atoms with E-state index in [1.165, 1.54) is 4.90 Å². The van der Waals surface area contributed by atoms with E-state index in [0.29, 0.717) is 38.3 Å². The summed E-state index contributed by atoms with van der Waals surface area (Å²) in [6, 6.07) is 5.53. The SMILES string of the molecule is Cn1nc(C2CCC(=O)NC2=O)c2cccc(COC(=O)N3CCN(C(=O)c4ncon4)CC3)c21. The molecule has 0 saturated carbocycles. The fourth-order valence-corrected chi connectivity index (χ4v) is 4.50. The van der Waals surface area contributed by atoms with Gasteiger partial charge in [-0.05, 0) is 6.42 Å². The number of piperazine rings is 1. The van der Waals surface area contributed by atoms with Gasteiger partial charge in [-0.3, -0.25) is 24.4 Å². The van der Waals surface area contributed by atoms with Crippen molar-refractivity contribution in [3.05, 3.63) is 41.7 Å². The van der Waals surface area contributed by atoms with Crippen molar-refractivity contribution in [2.75, 3.05) is 26.2 Å². The Morgan fingerprint density at radius 2 is 1.94 bits per heavy atom. The molecule has 0 spiro atoms. The third-order valence-corrected chi connectivity index (χ3v) is 6.27. The summed E-state index contributed by atoms with van der Waals surface area (Å²) >= 11 is 0. The van der Waals surface area contributed by atoms with Crippen LogP contribution < -0.4 is 5.32 Å². The van der Waals surface area contributed by atoms with Crippen LogP contribution in [-0.4, -0.2) is 79.7 Å². The highest BCUT2D eigenvalue weighted by atomic mass is 16.6. The van der Waals surface area contributed by atoms with Crippen molar-refractivity contribution in [2.24, 2.45) is 7.05 Å². The number of nitrogens with one attached hydrogen (secondary N) is 1. The van der Waals surface area contributed by atoms with E-state index in [2.05, 4.69) is 25.1 Å². The maximum absolute atomic E-state index is 12.7. The fourth-order valence-electron chi connectivity index (χ4n) is 4.50. The van der Waals surface area contributed by atoms with Crippen LogP contribution >= 0.6 is 0 Å². The molecular formula is C22H23N7O6. The highest BCUT2D eigenvalue weighted by molar-refractivity contribution is 6.02. The predicted octanol–water partition coefficient (Wildman–Crippen LogP) is 0.571. The molecule has 1 aromatic carbocycles. The van der Waals surface area contributed by atoms with Gasteiger partial charge in [0.15, 0.2) is 0 Å². The normalized spacial score (nSPS) is 18.6. The van der Waals surface area contributed by atoms with Crippen LogP contribution in [0.3, 0.4) is 0 Å². The van der Waals surface area contributed by atoms with Crippen LogP contribution in [0.1, 0.15) is 40.6 Å². The monoisotopic (exact) mass is 481 g/mol. The molecule has 4 amide bonds. The molecule has 4 heterocycles. The van der Waals surface area contributed by atoms with Crippen molar-refractivity contribution in [1.82, 2.24) is 35.0 Å². The minimum absolute atomic E-state index is 0.0121. The van der Waals surface area contributed by atoms with Crippen LogP contribution in [0.15, 0.2) is 29.1 Å². The maximum Gasteiger partial charge on any atom is 0.410 e. The van der Waals surface area contributed by atoms with E-state index in [-0.39, 0.29) is 36.6 Å². The lowest BCUT2D eigenvalue weighted by atomic mass is 9.92.